The number of ether oxygens (including phenoxy) is 6. The highest BCUT2D eigenvalue weighted by Crippen LogP contribution is 2.39. The van der Waals surface area contributed by atoms with Gasteiger partial charge in [-0.05, 0) is 12.8 Å². The highest BCUT2D eigenvalue weighted by Gasteiger charge is 2.60. The molecule has 23 nitrogen and oxygen atoms in total. The third-order valence-electron chi connectivity index (χ3n) is 17.1. The predicted molar refractivity (Wildman–Crippen MR) is 315 cm³/mol. The number of aliphatic carboxylic acids is 1. The van der Waals surface area contributed by atoms with E-state index in [1.165, 1.54) is 141 Å². The molecule has 3 heterocycles. The van der Waals surface area contributed by atoms with Gasteiger partial charge >= 0.3 is 5.97 Å². The van der Waals surface area contributed by atoms with Crippen LogP contribution in [0.5, 0.6) is 0 Å². The van der Waals surface area contributed by atoms with Crippen LogP contribution in [0.15, 0.2) is 0 Å². The molecule has 500 valence electrons. The molecule has 0 aromatic heterocycles. The average molecular weight is 1230 g/mol. The maximum atomic E-state index is 13.4. The van der Waals surface area contributed by atoms with Crippen molar-refractivity contribution in [1.82, 2.24) is 10.6 Å². The van der Waals surface area contributed by atoms with Crippen LogP contribution in [0.2, 0.25) is 0 Å². The minimum atomic E-state index is -3.08. The Hall–Kier alpha value is -2.27. The van der Waals surface area contributed by atoms with Crippen molar-refractivity contribution in [3.63, 3.8) is 0 Å². The molecule has 2 amide bonds. The largest absolute Gasteiger partial charge is 0.477 e. The van der Waals surface area contributed by atoms with Crippen molar-refractivity contribution >= 4 is 17.8 Å². The van der Waals surface area contributed by atoms with E-state index in [0.29, 0.717) is 19.3 Å². The molecule has 0 aromatic carbocycles. The molecule has 18 atom stereocenters. The Balaban J connectivity index is 1.59. The number of hydrogen-bond acceptors (Lipinski definition) is 20. The quantitative estimate of drug-likeness (QED) is 0.0371. The summed E-state index contributed by atoms with van der Waals surface area (Å²) in [6, 6.07) is -2.52. The summed E-state index contributed by atoms with van der Waals surface area (Å²) in [7, 11) is 0. The van der Waals surface area contributed by atoms with Crippen LogP contribution in [-0.2, 0) is 42.8 Å². The van der Waals surface area contributed by atoms with Crippen LogP contribution in [0, 0.1) is 0 Å². The van der Waals surface area contributed by atoms with Crippen LogP contribution in [0.3, 0.4) is 0 Å². The molecule has 18 unspecified atom stereocenters. The predicted octanol–water partition coefficient (Wildman–Crippen LogP) is 4.56. The van der Waals surface area contributed by atoms with Crippen molar-refractivity contribution in [2.45, 2.75) is 349 Å². The standard InChI is InChI=1S/C62H116N2O21/c1-4-6-8-10-12-14-16-17-18-19-20-21-22-23-24-26-28-30-32-34-36-49(72)64-43(44(69)35-33-31-29-27-25-15-13-11-9-7-5-2)41-80-59-54(76)53(75)56(48(40-67)82-59)83-60-55(77)58(52(74)47(39-66)81-60)85-62(61(78)79)37-45(70)50(63-42(3)68)57(84-62)51(73)46(71)38-65/h43-48,50-60,65-67,69-71,73-77H,4-41H2,1-3H3,(H,63,68)(H,64,72)(H,78,79). The second-order valence-electron chi connectivity index (χ2n) is 24.3. The molecule has 0 radical (unpaired) electrons. The number of aliphatic hydroxyl groups excluding tert-OH is 11. The molecule has 0 saturated carbocycles. The monoisotopic (exact) mass is 1220 g/mol. The zero-order valence-corrected chi connectivity index (χ0v) is 51.7. The van der Waals surface area contributed by atoms with Gasteiger partial charge in [0.15, 0.2) is 12.6 Å². The van der Waals surface area contributed by atoms with Crippen molar-refractivity contribution in [2.75, 3.05) is 26.4 Å². The fourth-order valence-electron chi connectivity index (χ4n) is 11.8. The van der Waals surface area contributed by atoms with Gasteiger partial charge in [0.2, 0.25) is 11.8 Å². The fraction of sp³-hybridized carbons (Fsp3) is 0.952. The van der Waals surface area contributed by atoms with Gasteiger partial charge in [0.25, 0.3) is 5.79 Å². The summed E-state index contributed by atoms with van der Waals surface area (Å²) in [6.07, 6.45) is 8.42. The van der Waals surface area contributed by atoms with Gasteiger partial charge < -0.3 is 100 Å². The summed E-state index contributed by atoms with van der Waals surface area (Å²) >= 11 is 0. The van der Waals surface area contributed by atoms with Crippen molar-refractivity contribution in [3.05, 3.63) is 0 Å². The lowest BCUT2D eigenvalue weighted by Crippen LogP contribution is -2.70. The maximum absolute atomic E-state index is 13.4. The van der Waals surface area contributed by atoms with E-state index in [1.54, 1.807) is 0 Å². The van der Waals surface area contributed by atoms with Crippen LogP contribution < -0.4 is 10.6 Å². The van der Waals surface area contributed by atoms with Gasteiger partial charge in [-0.1, -0.05) is 206 Å². The molecular formula is C62H116N2O21. The number of carbonyl (C=O) groups is 3. The van der Waals surface area contributed by atoms with E-state index in [1.807, 2.05) is 0 Å². The Kier molecular flexibility index (Phi) is 40.1. The minimum absolute atomic E-state index is 0.229. The second-order valence-corrected chi connectivity index (χ2v) is 24.3. The molecule has 0 aliphatic carbocycles. The average Bonchev–Trinajstić information content (AvgIpc) is 1.19. The molecule has 3 rings (SSSR count). The number of amides is 2. The lowest BCUT2D eigenvalue weighted by atomic mass is 9.88. The van der Waals surface area contributed by atoms with Gasteiger partial charge in [-0.25, -0.2) is 4.79 Å². The van der Waals surface area contributed by atoms with E-state index in [9.17, 15) is 75.7 Å². The van der Waals surface area contributed by atoms with Gasteiger partial charge in [-0.15, -0.1) is 0 Å². The number of carboxylic acids is 1. The Bertz CT molecular complexity index is 1740. The number of nitrogens with one attached hydrogen (secondary N) is 2. The summed E-state index contributed by atoms with van der Waals surface area (Å²) in [5, 5.41) is 136. The van der Waals surface area contributed by atoms with E-state index in [-0.39, 0.29) is 18.9 Å². The topological polar surface area (TPSA) is 373 Å². The lowest BCUT2D eigenvalue weighted by Gasteiger charge is -2.50. The van der Waals surface area contributed by atoms with Crippen LogP contribution in [0.1, 0.15) is 239 Å². The molecule has 3 aliphatic rings. The van der Waals surface area contributed by atoms with Gasteiger partial charge in [-0.2, -0.15) is 0 Å². The SMILES string of the molecule is CCCCCCCCCCCCCCCCCCCCCCC(=O)NC(COC1OC(CO)C(OC2OC(CO)C(O)C(OC3(C(=O)O)CC(O)C(NC(C)=O)C(C(O)C(O)CO)O3)C2O)C(O)C1O)C(O)CCCCCCCCCCCCC. The van der Waals surface area contributed by atoms with Crippen molar-refractivity contribution < 1.29 is 104 Å². The van der Waals surface area contributed by atoms with Gasteiger partial charge in [-0.3, -0.25) is 9.59 Å². The molecule has 3 aliphatic heterocycles. The second kappa shape index (κ2) is 44.2. The van der Waals surface area contributed by atoms with E-state index >= 15 is 0 Å². The fourth-order valence-corrected chi connectivity index (χ4v) is 11.8. The van der Waals surface area contributed by atoms with E-state index in [2.05, 4.69) is 24.5 Å². The highest BCUT2D eigenvalue weighted by molar-refractivity contribution is 5.77. The first-order valence-electron chi connectivity index (χ1n) is 32.9. The summed E-state index contributed by atoms with van der Waals surface area (Å²) in [6.45, 7) is 2.19. The first-order chi connectivity index (χ1) is 40.9. The summed E-state index contributed by atoms with van der Waals surface area (Å²) in [5.41, 5.74) is 0. The first-order valence-corrected chi connectivity index (χ1v) is 32.9. The zero-order chi connectivity index (χ0) is 62.6. The molecule has 3 fully saturated rings. The van der Waals surface area contributed by atoms with E-state index in [4.69, 9.17) is 28.4 Å². The maximum Gasteiger partial charge on any atom is 0.364 e. The Labute approximate surface area is 506 Å². The Morgan fingerprint density at radius 3 is 1.47 bits per heavy atom. The molecule has 14 N–H and O–H groups in total. The number of aliphatic hydroxyl groups is 11. The number of unbranched alkanes of at least 4 members (excludes halogenated alkanes) is 29. The smallest absolute Gasteiger partial charge is 0.364 e. The summed E-state index contributed by atoms with van der Waals surface area (Å²) in [5.74, 6) is -6.09. The van der Waals surface area contributed by atoms with Crippen LogP contribution in [0.4, 0.5) is 0 Å². The zero-order valence-electron chi connectivity index (χ0n) is 51.7. The molecule has 3 saturated heterocycles. The normalized spacial score (nSPS) is 29.5. The van der Waals surface area contributed by atoms with Gasteiger partial charge in [0.05, 0.1) is 50.7 Å². The number of hydrogen-bond donors (Lipinski definition) is 14. The third-order valence-corrected chi connectivity index (χ3v) is 17.1. The summed E-state index contributed by atoms with van der Waals surface area (Å²) < 4.78 is 34.8. The minimum Gasteiger partial charge on any atom is -0.477 e. The van der Waals surface area contributed by atoms with Crippen molar-refractivity contribution in [1.29, 1.82) is 0 Å². The van der Waals surface area contributed by atoms with E-state index < -0.39 is 148 Å². The highest BCUT2D eigenvalue weighted by atomic mass is 16.8. The summed E-state index contributed by atoms with van der Waals surface area (Å²) in [4.78, 5) is 38.5. The molecule has 0 aromatic rings. The Morgan fingerprint density at radius 2 is 1.02 bits per heavy atom. The number of rotatable bonds is 49. The Morgan fingerprint density at radius 1 is 0.565 bits per heavy atom. The van der Waals surface area contributed by atoms with Crippen molar-refractivity contribution in [3.8, 4) is 0 Å². The molecular weight excluding hydrogens is 1110 g/mol. The van der Waals surface area contributed by atoms with Crippen LogP contribution in [-0.4, -0.2) is 215 Å². The number of carboxylic acid groups (broad SMARTS) is 1. The third kappa shape index (κ3) is 27.8. The lowest BCUT2D eigenvalue weighted by molar-refractivity contribution is -0.386. The molecule has 85 heavy (non-hydrogen) atoms. The molecule has 0 spiro atoms. The first kappa shape index (κ1) is 77.0. The molecule has 0 bridgehead atoms. The number of carbonyl (C=O) groups excluding carboxylic acids is 2. The van der Waals surface area contributed by atoms with Gasteiger partial charge in [0, 0.05) is 19.8 Å². The van der Waals surface area contributed by atoms with Gasteiger partial charge in [0.1, 0.15) is 67.1 Å². The van der Waals surface area contributed by atoms with Crippen molar-refractivity contribution in [2.24, 2.45) is 0 Å². The molecule has 23 heteroatoms. The van der Waals surface area contributed by atoms with Crippen LogP contribution >= 0.6 is 0 Å². The van der Waals surface area contributed by atoms with E-state index in [0.717, 1.165) is 51.9 Å². The van der Waals surface area contributed by atoms with Crippen LogP contribution in [0.25, 0.3) is 0 Å².